The van der Waals surface area contributed by atoms with Gasteiger partial charge in [-0.2, -0.15) is 0 Å². The number of carbonyl (C=O) groups excluding carboxylic acids is 1. The van der Waals surface area contributed by atoms with Crippen LogP contribution in [-0.4, -0.2) is 29.6 Å². The Bertz CT molecular complexity index is 690. The van der Waals surface area contributed by atoms with Crippen LogP contribution in [0.4, 0.5) is 5.69 Å². The number of aryl methyl sites for hydroxylation is 1. The second kappa shape index (κ2) is 5.27. The monoisotopic (exact) mass is 305 g/mol. The van der Waals surface area contributed by atoms with Gasteiger partial charge in [-0.1, -0.05) is 0 Å². The summed E-state index contributed by atoms with van der Waals surface area (Å²) >= 11 is 1.34. The van der Waals surface area contributed by atoms with Crippen LogP contribution < -0.4 is 11.1 Å². The number of ether oxygens (including phenoxy) is 1. The van der Waals surface area contributed by atoms with Crippen LogP contribution in [0.3, 0.4) is 0 Å². The van der Waals surface area contributed by atoms with Crippen molar-refractivity contribution in [2.24, 2.45) is 0 Å². The number of amides is 1. The first kappa shape index (κ1) is 14.3. The molecule has 0 bridgehead atoms. The molecule has 3 heterocycles. The van der Waals surface area contributed by atoms with Crippen LogP contribution >= 0.6 is 11.3 Å². The molecule has 0 spiro atoms. The van der Waals surface area contributed by atoms with E-state index in [4.69, 9.17) is 10.5 Å². The molecule has 6 heteroatoms. The lowest BCUT2D eigenvalue weighted by atomic mass is 10.0. The first-order valence-corrected chi connectivity index (χ1v) is 7.87. The smallest absolute Gasteiger partial charge is 0.263 e. The lowest BCUT2D eigenvalue weighted by Crippen LogP contribution is -2.40. The van der Waals surface area contributed by atoms with E-state index in [1.54, 1.807) is 6.20 Å². The van der Waals surface area contributed by atoms with Crippen LogP contribution in [0.5, 0.6) is 0 Å². The molecule has 1 aliphatic rings. The van der Waals surface area contributed by atoms with Crippen LogP contribution in [0.25, 0.3) is 10.2 Å². The number of nitrogen functional groups attached to an aromatic ring is 1. The van der Waals surface area contributed by atoms with Crippen LogP contribution in [0.2, 0.25) is 0 Å². The number of aromatic nitrogens is 1. The molecule has 21 heavy (non-hydrogen) atoms. The Balaban J connectivity index is 1.82. The van der Waals surface area contributed by atoms with Gasteiger partial charge in [-0.25, -0.2) is 4.98 Å². The van der Waals surface area contributed by atoms with E-state index in [9.17, 15) is 4.79 Å². The average Bonchev–Trinajstić information content (AvgIpc) is 3.02. The molecule has 1 saturated heterocycles. The molecular formula is C15H19N3O2S. The van der Waals surface area contributed by atoms with Crippen molar-refractivity contribution in [3.63, 3.8) is 0 Å². The van der Waals surface area contributed by atoms with Gasteiger partial charge in [0.15, 0.2) is 0 Å². The van der Waals surface area contributed by atoms with E-state index in [0.717, 1.165) is 35.2 Å². The maximum atomic E-state index is 12.4. The third-order valence-corrected chi connectivity index (χ3v) is 5.08. The minimum absolute atomic E-state index is 0.147. The molecule has 0 aliphatic carbocycles. The van der Waals surface area contributed by atoms with Crippen molar-refractivity contribution >= 4 is 33.1 Å². The molecule has 112 valence electrons. The van der Waals surface area contributed by atoms with Crippen molar-refractivity contribution in [1.82, 2.24) is 10.3 Å². The highest BCUT2D eigenvalue weighted by Gasteiger charge is 2.30. The van der Waals surface area contributed by atoms with Gasteiger partial charge < -0.3 is 15.8 Å². The van der Waals surface area contributed by atoms with Crippen LogP contribution in [0.1, 0.15) is 35.0 Å². The zero-order chi connectivity index (χ0) is 15.0. The van der Waals surface area contributed by atoms with Gasteiger partial charge in [0.25, 0.3) is 5.91 Å². The van der Waals surface area contributed by atoms with Gasteiger partial charge >= 0.3 is 0 Å². The van der Waals surface area contributed by atoms with Crippen LogP contribution in [0.15, 0.2) is 12.3 Å². The maximum Gasteiger partial charge on any atom is 0.263 e. The number of carbonyl (C=O) groups is 1. The predicted molar refractivity (Wildman–Crippen MR) is 84.7 cm³/mol. The summed E-state index contributed by atoms with van der Waals surface area (Å²) in [6.45, 7) is 5.27. The molecule has 3 N–H and O–H groups in total. The number of hydrogen-bond donors (Lipinski definition) is 2. The summed E-state index contributed by atoms with van der Waals surface area (Å²) in [6, 6.07) is 1.90. The second-order valence-electron chi connectivity index (χ2n) is 5.74. The van der Waals surface area contributed by atoms with E-state index in [2.05, 4.69) is 10.3 Å². The van der Waals surface area contributed by atoms with Gasteiger partial charge in [-0.3, -0.25) is 4.79 Å². The van der Waals surface area contributed by atoms with Gasteiger partial charge in [0.2, 0.25) is 0 Å². The van der Waals surface area contributed by atoms with Crippen molar-refractivity contribution in [3.8, 4) is 0 Å². The van der Waals surface area contributed by atoms with E-state index in [-0.39, 0.29) is 11.5 Å². The summed E-state index contributed by atoms with van der Waals surface area (Å²) in [5.74, 6) is -0.147. The number of thiophene rings is 1. The summed E-state index contributed by atoms with van der Waals surface area (Å²) in [5, 5.41) is 3.83. The Kier molecular flexibility index (Phi) is 3.59. The topological polar surface area (TPSA) is 77.2 Å². The molecule has 0 radical (unpaired) electrons. The third-order valence-electron chi connectivity index (χ3n) is 3.97. The summed E-state index contributed by atoms with van der Waals surface area (Å²) in [6.07, 6.45) is 3.75. The number of nitrogens with one attached hydrogen (secondary N) is 1. The molecule has 0 aromatic carbocycles. The Morgan fingerprint density at radius 1 is 1.62 bits per heavy atom. The molecule has 1 amide bonds. The highest BCUT2D eigenvalue weighted by molar-refractivity contribution is 7.21. The molecule has 1 atom stereocenters. The first-order chi connectivity index (χ1) is 10.0. The molecule has 1 aliphatic heterocycles. The molecule has 1 unspecified atom stereocenters. The lowest BCUT2D eigenvalue weighted by Gasteiger charge is -2.23. The minimum atomic E-state index is -0.255. The van der Waals surface area contributed by atoms with Crippen LogP contribution in [-0.2, 0) is 4.74 Å². The molecule has 5 nitrogen and oxygen atoms in total. The summed E-state index contributed by atoms with van der Waals surface area (Å²) in [5.41, 5.74) is 7.45. The van der Waals surface area contributed by atoms with E-state index in [0.29, 0.717) is 17.1 Å². The number of pyridine rings is 1. The molecule has 2 aromatic heterocycles. The van der Waals surface area contributed by atoms with Crippen molar-refractivity contribution in [3.05, 3.63) is 22.7 Å². The van der Waals surface area contributed by atoms with E-state index in [1.165, 1.54) is 11.3 Å². The van der Waals surface area contributed by atoms with Gasteiger partial charge in [-0.15, -0.1) is 11.3 Å². The van der Waals surface area contributed by atoms with Crippen molar-refractivity contribution in [2.45, 2.75) is 32.3 Å². The largest absolute Gasteiger partial charge is 0.397 e. The van der Waals surface area contributed by atoms with Crippen LogP contribution in [0, 0.1) is 6.92 Å². The Morgan fingerprint density at radius 2 is 2.43 bits per heavy atom. The normalized spacial score (nSPS) is 21.8. The van der Waals surface area contributed by atoms with E-state index < -0.39 is 0 Å². The first-order valence-electron chi connectivity index (χ1n) is 7.06. The molecule has 2 aromatic rings. The standard InChI is InChI=1S/C15H19N3O2S/c1-9-4-6-17-14-10(9)11(16)12(21-14)13(19)18-8-15(2)5-3-7-20-15/h4,6H,3,5,7-8,16H2,1-2H3,(H,18,19). The number of fused-ring (bicyclic) bond motifs is 1. The summed E-state index contributed by atoms with van der Waals surface area (Å²) < 4.78 is 5.68. The van der Waals surface area contributed by atoms with Gasteiger partial charge in [-0.05, 0) is 38.3 Å². The number of nitrogens with zero attached hydrogens (tertiary/aromatic N) is 1. The number of nitrogens with two attached hydrogens (primary N) is 1. The maximum absolute atomic E-state index is 12.4. The van der Waals surface area contributed by atoms with Crippen molar-refractivity contribution in [1.29, 1.82) is 0 Å². The number of anilines is 1. The SMILES string of the molecule is Cc1ccnc2sc(C(=O)NCC3(C)CCCO3)c(N)c12. The molecular weight excluding hydrogens is 286 g/mol. The zero-order valence-corrected chi connectivity index (χ0v) is 13.0. The Labute approximate surface area is 127 Å². The van der Waals surface area contributed by atoms with Gasteiger partial charge in [0.1, 0.15) is 9.71 Å². The number of rotatable bonds is 3. The molecule has 1 fully saturated rings. The summed E-state index contributed by atoms with van der Waals surface area (Å²) in [7, 11) is 0. The fraction of sp³-hybridized carbons (Fsp3) is 0.467. The molecule has 0 saturated carbocycles. The second-order valence-corrected chi connectivity index (χ2v) is 6.74. The lowest BCUT2D eigenvalue weighted by molar-refractivity contribution is 0.0206. The minimum Gasteiger partial charge on any atom is -0.397 e. The summed E-state index contributed by atoms with van der Waals surface area (Å²) in [4.78, 5) is 18.0. The highest BCUT2D eigenvalue weighted by Crippen LogP contribution is 2.34. The average molecular weight is 305 g/mol. The fourth-order valence-corrected chi connectivity index (χ4v) is 3.75. The molecule has 3 rings (SSSR count). The van der Waals surface area contributed by atoms with Crippen molar-refractivity contribution < 1.29 is 9.53 Å². The van der Waals surface area contributed by atoms with Crippen molar-refractivity contribution in [2.75, 3.05) is 18.9 Å². The Morgan fingerprint density at radius 3 is 3.10 bits per heavy atom. The fourth-order valence-electron chi connectivity index (χ4n) is 2.70. The van der Waals surface area contributed by atoms with Gasteiger partial charge in [0, 0.05) is 24.7 Å². The zero-order valence-electron chi connectivity index (χ0n) is 12.2. The van der Waals surface area contributed by atoms with Gasteiger partial charge in [0.05, 0.1) is 11.3 Å². The van der Waals surface area contributed by atoms with E-state index >= 15 is 0 Å². The van der Waals surface area contributed by atoms with E-state index in [1.807, 2.05) is 19.9 Å². The quantitative estimate of drug-likeness (QED) is 0.913. The number of hydrogen-bond acceptors (Lipinski definition) is 5. The predicted octanol–water partition coefficient (Wildman–Crippen LogP) is 2.49. The highest BCUT2D eigenvalue weighted by atomic mass is 32.1. The third kappa shape index (κ3) is 2.61. The Hall–Kier alpha value is -1.66.